The van der Waals surface area contributed by atoms with E-state index in [1.165, 1.54) is 6.07 Å². The highest BCUT2D eigenvalue weighted by molar-refractivity contribution is 5.57. The van der Waals surface area contributed by atoms with Crippen LogP contribution >= 0.6 is 0 Å². The third kappa shape index (κ3) is 4.21. The van der Waals surface area contributed by atoms with Gasteiger partial charge >= 0.3 is 5.69 Å². The van der Waals surface area contributed by atoms with Crippen LogP contribution < -0.4 is 10.1 Å². The van der Waals surface area contributed by atoms with E-state index in [0.29, 0.717) is 19.0 Å². The van der Waals surface area contributed by atoms with Gasteiger partial charge in [-0.1, -0.05) is 0 Å². The van der Waals surface area contributed by atoms with Crippen molar-refractivity contribution < 1.29 is 14.4 Å². The molecule has 1 aromatic carbocycles. The number of benzene rings is 1. The number of rotatable bonds is 8. The Morgan fingerprint density at radius 2 is 2.22 bits per heavy atom. The van der Waals surface area contributed by atoms with Crippen molar-refractivity contribution in [3.63, 3.8) is 0 Å². The second kappa shape index (κ2) is 7.50. The Morgan fingerprint density at radius 3 is 2.83 bits per heavy atom. The van der Waals surface area contributed by atoms with Gasteiger partial charge in [0.2, 0.25) is 0 Å². The Hall–Kier alpha value is -1.82. The molecule has 100 valence electrons. The van der Waals surface area contributed by atoms with E-state index in [1.54, 1.807) is 26.2 Å². The zero-order valence-corrected chi connectivity index (χ0v) is 10.6. The average molecular weight is 254 g/mol. The van der Waals surface area contributed by atoms with Gasteiger partial charge in [-0.2, -0.15) is 0 Å². The van der Waals surface area contributed by atoms with E-state index in [4.69, 9.17) is 9.47 Å². The van der Waals surface area contributed by atoms with Crippen LogP contribution in [0.4, 0.5) is 11.4 Å². The van der Waals surface area contributed by atoms with Crippen LogP contribution in [-0.4, -0.2) is 31.8 Å². The molecule has 0 aliphatic heterocycles. The summed E-state index contributed by atoms with van der Waals surface area (Å²) in [6.07, 6.45) is 0.872. The van der Waals surface area contributed by atoms with Gasteiger partial charge in [0.15, 0.2) is 5.75 Å². The van der Waals surface area contributed by atoms with E-state index >= 15 is 0 Å². The molecule has 0 aliphatic rings. The maximum absolute atomic E-state index is 10.8. The van der Waals surface area contributed by atoms with E-state index in [-0.39, 0.29) is 5.69 Å². The zero-order valence-electron chi connectivity index (χ0n) is 10.6. The Labute approximate surface area is 106 Å². The number of nitro groups is 1. The van der Waals surface area contributed by atoms with Crippen LogP contribution in [-0.2, 0) is 4.74 Å². The molecule has 0 atom stereocenters. The predicted octanol–water partition coefficient (Wildman–Crippen LogP) is 2.44. The number of methoxy groups -OCH3 is 1. The van der Waals surface area contributed by atoms with Crippen molar-refractivity contribution >= 4 is 11.4 Å². The normalized spacial score (nSPS) is 10.1. The minimum absolute atomic E-state index is 0.0145. The zero-order chi connectivity index (χ0) is 13.4. The van der Waals surface area contributed by atoms with Gasteiger partial charge in [0, 0.05) is 38.1 Å². The fraction of sp³-hybridized carbons (Fsp3) is 0.500. The molecular formula is C12H18N2O4. The number of hydrogen-bond donors (Lipinski definition) is 1. The van der Waals surface area contributed by atoms with Gasteiger partial charge in [0.05, 0.1) is 11.5 Å². The fourth-order valence-electron chi connectivity index (χ4n) is 1.50. The van der Waals surface area contributed by atoms with Crippen LogP contribution in [0.1, 0.15) is 13.3 Å². The second-order valence-corrected chi connectivity index (χ2v) is 3.65. The van der Waals surface area contributed by atoms with Gasteiger partial charge in [-0.05, 0) is 19.4 Å². The number of hydrogen-bond acceptors (Lipinski definition) is 5. The Balaban J connectivity index is 2.70. The monoisotopic (exact) mass is 254 g/mol. The molecule has 6 nitrogen and oxygen atoms in total. The Bertz CT molecular complexity index is 396. The molecule has 0 amide bonds. The Morgan fingerprint density at radius 1 is 1.44 bits per heavy atom. The van der Waals surface area contributed by atoms with Crippen LogP contribution in [0.15, 0.2) is 18.2 Å². The highest BCUT2D eigenvalue weighted by Gasteiger charge is 2.14. The van der Waals surface area contributed by atoms with Crippen molar-refractivity contribution in [1.29, 1.82) is 0 Å². The summed E-state index contributed by atoms with van der Waals surface area (Å²) in [5, 5.41) is 14.0. The summed E-state index contributed by atoms with van der Waals surface area (Å²) < 4.78 is 10.2. The summed E-state index contributed by atoms with van der Waals surface area (Å²) in [5.74, 6) is 0.291. The third-order valence-corrected chi connectivity index (χ3v) is 2.31. The predicted molar refractivity (Wildman–Crippen MR) is 69.2 cm³/mol. The molecule has 1 aromatic rings. The van der Waals surface area contributed by atoms with Gasteiger partial charge in [-0.25, -0.2) is 0 Å². The third-order valence-electron chi connectivity index (χ3n) is 2.31. The van der Waals surface area contributed by atoms with Crippen molar-refractivity contribution in [1.82, 2.24) is 0 Å². The van der Waals surface area contributed by atoms with Crippen LogP contribution in [0.3, 0.4) is 0 Å². The van der Waals surface area contributed by atoms with Gasteiger partial charge in [0.1, 0.15) is 0 Å². The lowest BCUT2D eigenvalue weighted by Crippen LogP contribution is -2.05. The molecule has 0 aliphatic carbocycles. The van der Waals surface area contributed by atoms with E-state index in [0.717, 1.165) is 18.7 Å². The summed E-state index contributed by atoms with van der Waals surface area (Å²) in [4.78, 5) is 10.4. The number of nitrogens with one attached hydrogen (secondary N) is 1. The largest absolute Gasteiger partial charge is 0.487 e. The first-order chi connectivity index (χ1) is 8.69. The molecule has 0 radical (unpaired) electrons. The quantitative estimate of drug-likeness (QED) is 0.438. The van der Waals surface area contributed by atoms with Gasteiger partial charge < -0.3 is 14.8 Å². The summed E-state index contributed by atoms with van der Waals surface area (Å²) >= 11 is 0. The highest BCUT2D eigenvalue weighted by atomic mass is 16.6. The van der Waals surface area contributed by atoms with E-state index < -0.39 is 4.92 Å². The topological polar surface area (TPSA) is 73.6 Å². The highest BCUT2D eigenvalue weighted by Crippen LogP contribution is 2.29. The summed E-state index contributed by atoms with van der Waals surface area (Å²) in [6.45, 7) is 3.62. The maximum atomic E-state index is 10.8. The molecule has 6 heteroatoms. The molecule has 0 unspecified atom stereocenters. The minimum Gasteiger partial charge on any atom is -0.487 e. The number of anilines is 1. The lowest BCUT2D eigenvalue weighted by molar-refractivity contribution is -0.385. The molecule has 1 N–H and O–H groups in total. The molecule has 0 aromatic heterocycles. The lowest BCUT2D eigenvalue weighted by atomic mass is 10.2. The van der Waals surface area contributed by atoms with Crippen molar-refractivity contribution in [3.8, 4) is 5.75 Å². The molecule has 0 saturated heterocycles. The van der Waals surface area contributed by atoms with E-state index in [9.17, 15) is 10.1 Å². The van der Waals surface area contributed by atoms with Crippen LogP contribution in [0, 0.1) is 10.1 Å². The smallest absolute Gasteiger partial charge is 0.311 e. The number of ether oxygens (including phenoxy) is 2. The standard InChI is InChI=1S/C12H18N2O4/c1-3-18-12-9-10(13-7-4-8-17-2)5-6-11(12)14(15)16/h5-6,9,13H,3-4,7-8H2,1-2H3. The average Bonchev–Trinajstić information content (AvgIpc) is 2.35. The van der Waals surface area contributed by atoms with Crippen molar-refractivity contribution in [3.05, 3.63) is 28.3 Å². The summed E-state index contributed by atoms with van der Waals surface area (Å²) in [7, 11) is 1.65. The first-order valence-corrected chi connectivity index (χ1v) is 5.83. The van der Waals surface area contributed by atoms with Gasteiger partial charge in [-0.3, -0.25) is 10.1 Å². The van der Waals surface area contributed by atoms with Crippen LogP contribution in [0.25, 0.3) is 0 Å². The Kier molecular flexibility index (Phi) is 5.93. The maximum Gasteiger partial charge on any atom is 0.311 e. The fourth-order valence-corrected chi connectivity index (χ4v) is 1.50. The van der Waals surface area contributed by atoms with E-state index in [2.05, 4.69) is 5.32 Å². The molecular weight excluding hydrogens is 236 g/mol. The van der Waals surface area contributed by atoms with Gasteiger partial charge in [0.25, 0.3) is 0 Å². The number of nitrogens with zero attached hydrogens (tertiary/aromatic N) is 1. The van der Waals surface area contributed by atoms with Crippen molar-refractivity contribution in [2.24, 2.45) is 0 Å². The summed E-state index contributed by atoms with van der Waals surface area (Å²) in [5.41, 5.74) is 0.791. The number of nitro benzene ring substituents is 1. The van der Waals surface area contributed by atoms with Crippen molar-refractivity contribution in [2.75, 3.05) is 32.2 Å². The molecule has 0 spiro atoms. The molecule has 0 heterocycles. The van der Waals surface area contributed by atoms with E-state index in [1.807, 2.05) is 0 Å². The molecule has 1 rings (SSSR count). The van der Waals surface area contributed by atoms with Gasteiger partial charge in [-0.15, -0.1) is 0 Å². The van der Waals surface area contributed by atoms with Crippen LogP contribution in [0.2, 0.25) is 0 Å². The first kappa shape index (κ1) is 14.2. The molecule has 0 fully saturated rings. The summed E-state index contributed by atoms with van der Waals surface area (Å²) in [6, 6.07) is 4.77. The molecule has 0 bridgehead atoms. The minimum atomic E-state index is -0.445. The van der Waals surface area contributed by atoms with Crippen molar-refractivity contribution in [2.45, 2.75) is 13.3 Å². The lowest BCUT2D eigenvalue weighted by Gasteiger charge is -2.09. The first-order valence-electron chi connectivity index (χ1n) is 5.83. The molecule has 0 saturated carbocycles. The van der Waals surface area contributed by atoms with Crippen LogP contribution in [0.5, 0.6) is 5.75 Å². The SMILES string of the molecule is CCOc1cc(NCCCOC)ccc1[N+](=O)[O-]. The second-order valence-electron chi connectivity index (χ2n) is 3.65. The molecule has 18 heavy (non-hydrogen) atoms.